The number of nitrogens with zero attached hydrogens (tertiary/aromatic N) is 4. The minimum atomic E-state index is -0.223. The van der Waals surface area contributed by atoms with E-state index in [-0.39, 0.29) is 5.91 Å². The summed E-state index contributed by atoms with van der Waals surface area (Å²) in [6.07, 6.45) is 3.34. The fourth-order valence-corrected chi connectivity index (χ4v) is 2.40. The van der Waals surface area contributed by atoms with E-state index in [2.05, 4.69) is 31.4 Å². The monoisotopic (exact) mass is 359 g/mol. The molecule has 1 amide bonds. The minimum absolute atomic E-state index is 0.223. The summed E-state index contributed by atoms with van der Waals surface area (Å²) in [7, 11) is 1.80. The Balaban J connectivity index is 1.86. The molecule has 0 unspecified atom stereocenters. The van der Waals surface area contributed by atoms with Crippen LogP contribution >= 0.6 is 15.9 Å². The molecule has 0 fully saturated rings. The second-order valence-electron chi connectivity index (χ2n) is 4.86. The van der Waals surface area contributed by atoms with Crippen molar-refractivity contribution >= 4 is 27.7 Å². The third-order valence-corrected chi connectivity index (χ3v) is 3.81. The van der Waals surface area contributed by atoms with Crippen molar-refractivity contribution in [2.75, 3.05) is 5.32 Å². The van der Waals surface area contributed by atoms with Crippen molar-refractivity contribution in [3.05, 3.63) is 58.5 Å². The number of aromatic nitrogens is 4. The van der Waals surface area contributed by atoms with Crippen molar-refractivity contribution < 1.29 is 4.79 Å². The van der Waals surface area contributed by atoms with E-state index in [1.807, 2.05) is 31.2 Å². The lowest BCUT2D eigenvalue weighted by molar-refractivity contribution is 0.102. The van der Waals surface area contributed by atoms with Crippen molar-refractivity contribution in [3.63, 3.8) is 0 Å². The third kappa shape index (κ3) is 2.80. The van der Waals surface area contributed by atoms with Crippen molar-refractivity contribution in [2.24, 2.45) is 7.05 Å². The van der Waals surface area contributed by atoms with E-state index < -0.39 is 0 Å². The summed E-state index contributed by atoms with van der Waals surface area (Å²) in [6, 6.07) is 9.48. The summed E-state index contributed by atoms with van der Waals surface area (Å²) in [4.78, 5) is 12.3. The zero-order valence-corrected chi connectivity index (χ0v) is 13.7. The smallest absolute Gasteiger partial charge is 0.260 e. The molecule has 1 N–H and O–H groups in total. The molecule has 3 aromatic rings. The van der Waals surface area contributed by atoms with Crippen LogP contribution in [0.5, 0.6) is 0 Å². The first-order valence-corrected chi connectivity index (χ1v) is 7.45. The fourth-order valence-electron chi connectivity index (χ4n) is 2.14. The third-order valence-electron chi connectivity index (χ3n) is 3.28. The number of rotatable bonds is 3. The van der Waals surface area contributed by atoms with E-state index in [1.165, 1.54) is 0 Å². The first-order chi connectivity index (χ1) is 10.5. The highest BCUT2D eigenvalue weighted by Crippen LogP contribution is 2.18. The van der Waals surface area contributed by atoms with E-state index in [0.29, 0.717) is 11.4 Å². The van der Waals surface area contributed by atoms with Crippen molar-refractivity contribution in [2.45, 2.75) is 6.92 Å². The zero-order chi connectivity index (χ0) is 15.7. The van der Waals surface area contributed by atoms with Crippen LogP contribution < -0.4 is 5.32 Å². The van der Waals surface area contributed by atoms with Crippen LogP contribution in [0, 0.1) is 6.92 Å². The molecule has 0 saturated carbocycles. The molecule has 7 heteroatoms. The van der Waals surface area contributed by atoms with E-state index in [9.17, 15) is 4.79 Å². The lowest BCUT2D eigenvalue weighted by Crippen LogP contribution is -2.13. The molecule has 0 bridgehead atoms. The maximum atomic E-state index is 12.3. The summed E-state index contributed by atoms with van der Waals surface area (Å²) in [6.45, 7) is 1.86. The molecule has 1 aromatic carbocycles. The van der Waals surface area contributed by atoms with E-state index in [1.54, 1.807) is 34.9 Å². The molecule has 6 nitrogen and oxygen atoms in total. The SMILES string of the molecule is Cc1c(C(=O)Nc2ccn(C)n2)cnn1-c1ccc(Br)cc1. The maximum absolute atomic E-state index is 12.3. The van der Waals surface area contributed by atoms with Gasteiger partial charge in [0.2, 0.25) is 0 Å². The number of halogens is 1. The molecule has 112 valence electrons. The molecule has 0 aliphatic heterocycles. The Labute approximate surface area is 135 Å². The first kappa shape index (κ1) is 14.5. The molecule has 0 saturated heterocycles. The van der Waals surface area contributed by atoms with Gasteiger partial charge < -0.3 is 5.32 Å². The Morgan fingerprint density at radius 2 is 1.95 bits per heavy atom. The predicted molar refractivity (Wildman–Crippen MR) is 87.2 cm³/mol. The van der Waals surface area contributed by atoms with Gasteiger partial charge in [0.15, 0.2) is 5.82 Å². The number of nitrogens with one attached hydrogen (secondary N) is 1. The van der Waals surface area contributed by atoms with E-state index in [4.69, 9.17) is 0 Å². The number of carbonyl (C=O) groups excluding carboxylic acids is 1. The van der Waals surface area contributed by atoms with Crippen LogP contribution in [0.25, 0.3) is 5.69 Å². The molecule has 2 heterocycles. The van der Waals surface area contributed by atoms with Crippen LogP contribution in [0.4, 0.5) is 5.82 Å². The van der Waals surface area contributed by atoms with Gasteiger partial charge in [-0.05, 0) is 31.2 Å². The molecule has 0 spiro atoms. The van der Waals surface area contributed by atoms with Gasteiger partial charge in [-0.3, -0.25) is 9.48 Å². The number of hydrogen-bond acceptors (Lipinski definition) is 3. The Morgan fingerprint density at radius 3 is 2.59 bits per heavy atom. The largest absolute Gasteiger partial charge is 0.305 e. The number of carbonyl (C=O) groups is 1. The van der Waals surface area contributed by atoms with Gasteiger partial charge in [0.1, 0.15) is 0 Å². The molecular weight excluding hydrogens is 346 g/mol. The topological polar surface area (TPSA) is 64.7 Å². The van der Waals surface area contributed by atoms with Crippen LogP contribution in [-0.2, 0) is 7.05 Å². The van der Waals surface area contributed by atoms with Gasteiger partial charge >= 0.3 is 0 Å². The van der Waals surface area contributed by atoms with Crippen LogP contribution in [-0.4, -0.2) is 25.5 Å². The normalized spacial score (nSPS) is 10.7. The number of amides is 1. The number of hydrogen-bond donors (Lipinski definition) is 1. The van der Waals surface area contributed by atoms with Crippen molar-refractivity contribution in [1.82, 2.24) is 19.6 Å². The van der Waals surface area contributed by atoms with Gasteiger partial charge in [0.25, 0.3) is 5.91 Å². The average Bonchev–Trinajstić information content (AvgIpc) is 3.06. The summed E-state index contributed by atoms with van der Waals surface area (Å²) < 4.78 is 4.36. The molecular formula is C15H14BrN5O. The fraction of sp³-hybridized carbons (Fsp3) is 0.133. The minimum Gasteiger partial charge on any atom is -0.305 e. The summed E-state index contributed by atoms with van der Waals surface area (Å²) in [5.74, 6) is 0.294. The molecule has 3 rings (SSSR count). The van der Waals surface area contributed by atoms with Gasteiger partial charge in [-0.25, -0.2) is 4.68 Å². The average molecular weight is 360 g/mol. The second-order valence-corrected chi connectivity index (χ2v) is 5.78. The van der Waals surface area contributed by atoms with Crippen LogP contribution in [0.1, 0.15) is 16.1 Å². The highest BCUT2D eigenvalue weighted by molar-refractivity contribution is 9.10. The Morgan fingerprint density at radius 1 is 1.23 bits per heavy atom. The van der Waals surface area contributed by atoms with Gasteiger partial charge in [-0.2, -0.15) is 10.2 Å². The zero-order valence-electron chi connectivity index (χ0n) is 12.1. The second kappa shape index (κ2) is 5.76. The lowest BCUT2D eigenvalue weighted by Gasteiger charge is -2.05. The summed E-state index contributed by atoms with van der Waals surface area (Å²) in [5, 5.41) is 11.2. The Bertz CT molecular complexity index is 819. The molecule has 2 aromatic heterocycles. The molecule has 22 heavy (non-hydrogen) atoms. The number of anilines is 1. The summed E-state index contributed by atoms with van der Waals surface area (Å²) in [5.41, 5.74) is 2.20. The number of aryl methyl sites for hydroxylation is 1. The Kier molecular flexibility index (Phi) is 3.81. The maximum Gasteiger partial charge on any atom is 0.260 e. The van der Waals surface area contributed by atoms with Gasteiger partial charge in [-0.15, -0.1) is 0 Å². The van der Waals surface area contributed by atoms with Crippen molar-refractivity contribution in [3.8, 4) is 5.69 Å². The molecule has 0 atom stereocenters. The van der Waals surface area contributed by atoms with Crippen LogP contribution in [0.2, 0.25) is 0 Å². The van der Waals surface area contributed by atoms with Gasteiger partial charge in [0.05, 0.1) is 23.1 Å². The van der Waals surface area contributed by atoms with Gasteiger partial charge in [0, 0.05) is 23.8 Å². The lowest BCUT2D eigenvalue weighted by atomic mass is 10.2. The Hall–Kier alpha value is -2.41. The van der Waals surface area contributed by atoms with E-state index in [0.717, 1.165) is 15.9 Å². The van der Waals surface area contributed by atoms with Crippen molar-refractivity contribution in [1.29, 1.82) is 0 Å². The standard InChI is InChI=1S/C15H14BrN5O/c1-10-13(15(22)18-14-7-8-20(2)19-14)9-17-21(10)12-5-3-11(16)4-6-12/h3-9H,1-2H3,(H,18,19,22). The van der Waals surface area contributed by atoms with Gasteiger partial charge in [-0.1, -0.05) is 15.9 Å². The predicted octanol–water partition coefficient (Wildman–Crippen LogP) is 2.93. The van der Waals surface area contributed by atoms with Crippen LogP contribution in [0.15, 0.2) is 47.2 Å². The highest BCUT2D eigenvalue weighted by atomic mass is 79.9. The molecule has 0 aliphatic rings. The van der Waals surface area contributed by atoms with E-state index >= 15 is 0 Å². The quantitative estimate of drug-likeness (QED) is 0.781. The van der Waals surface area contributed by atoms with Crippen LogP contribution in [0.3, 0.4) is 0 Å². The molecule has 0 aliphatic carbocycles. The summed E-state index contributed by atoms with van der Waals surface area (Å²) >= 11 is 3.40. The highest BCUT2D eigenvalue weighted by Gasteiger charge is 2.16. The molecule has 0 radical (unpaired) electrons. The number of benzene rings is 1. The first-order valence-electron chi connectivity index (χ1n) is 6.66.